The highest BCUT2D eigenvalue weighted by Crippen LogP contribution is 2.20. The zero-order chi connectivity index (χ0) is 12.1. The first kappa shape index (κ1) is 13.6. The van der Waals surface area contributed by atoms with Crippen LogP contribution in [0.25, 0.3) is 0 Å². The molecule has 1 rings (SSSR count). The molecule has 0 saturated heterocycles. The van der Waals surface area contributed by atoms with Crippen LogP contribution in [0.2, 0.25) is 5.15 Å². The van der Waals surface area contributed by atoms with Crippen LogP contribution in [0.15, 0.2) is 18.3 Å². The Balaban J connectivity index is 2.62. The van der Waals surface area contributed by atoms with E-state index in [4.69, 9.17) is 11.6 Å². The molecule has 0 aliphatic heterocycles. The third kappa shape index (κ3) is 4.20. The van der Waals surface area contributed by atoms with Crippen LogP contribution in [0.3, 0.4) is 0 Å². The summed E-state index contributed by atoms with van der Waals surface area (Å²) in [5.41, 5.74) is 0.970. The smallest absolute Gasteiger partial charge is 0.133 e. The van der Waals surface area contributed by atoms with Gasteiger partial charge in [-0.1, -0.05) is 17.7 Å². The summed E-state index contributed by atoms with van der Waals surface area (Å²) >= 11 is 6.00. The van der Waals surface area contributed by atoms with E-state index in [9.17, 15) is 4.21 Å². The number of hydrogen-bond donors (Lipinski definition) is 1. The van der Waals surface area contributed by atoms with E-state index in [2.05, 4.69) is 10.3 Å². The monoisotopic (exact) mass is 260 g/mol. The van der Waals surface area contributed by atoms with E-state index >= 15 is 0 Å². The molecule has 0 aliphatic carbocycles. The number of rotatable bonds is 5. The lowest BCUT2D eigenvalue weighted by Crippen LogP contribution is -2.33. The van der Waals surface area contributed by atoms with Gasteiger partial charge in [-0.3, -0.25) is 4.21 Å². The Kier molecular flexibility index (Phi) is 5.38. The van der Waals surface area contributed by atoms with Crippen molar-refractivity contribution in [3.63, 3.8) is 0 Å². The summed E-state index contributed by atoms with van der Waals surface area (Å²) < 4.78 is 11.1. The normalized spacial score (nSPS) is 16.8. The van der Waals surface area contributed by atoms with Crippen LogP contribution in [0, 0.1) is 0 Å². The van der Waals surface area contributed by atoms with Crippen LogP contribution in [0.5, 0.6) is 0 Å². The fourth-order valence-corrected chi connectivity index (χ4v) is 2.72. The third-order valence-corrected chi connectivity index (χ3v) is 3.56. The summed E-state index contributed by atoms with van der Waals surface area (Å²) in [5, 5.41) is 3.87. The summed E-state index contributed by atoms with van der Waals surface area (Å²) in [7, 11) is -0.785. The maximum absolute atomic E-state index is 11.1. The summed E-state index contributed by atoms with van der Waals surface area (Å²) in [6, 6.07) is 4.11. The lowest BCUT2D eigenvalue weighted by atomic mass is 10.1. The van der Waals surface area contributed by atoms with E-state index < -0.39 is 10.8 Å². The summed E-state index contributed by atoms with van der Waals surface area (Å²) in [5.74, 6) is 0.641. The molecule has 1 N–H and O–H groups in total. The molecular formula is C11H17ClN2OS. The number of nitrogens with one attached hydrogen (secondary N) is 1. The summed E-state index contributed by atoms with van der Waals surface area (Å²) in [4.78, 5) is 4.03. The fourth-order valence-electron chi connectivity index (χ4n) is 1.64. The van der Waals surface area contributed by atoms with Gasteiger partial charge in [0, 0.05) is 46.7 Å². The molecule has 1 aromatic heterocycles. The van der Waals surface area contributed by atoms with Gasteiger partial charge in [0.1, 0.15) is 5.15 Å². The van der Waals surface area contributed by atoms with Crippen LogP contribution in [-0.4, -0.2) is 27.2 Å². The molecule has 0 aromatic carbocycles. The average Bonchev–Trinajstić information content (AvgIpc) is 2.16. The molecule has 3 nitrogen and oxygen atoms in total. The van der Waals surface area contributed by atoms with Crippen molar-refractivity contribution in [2.45, 2.75) is 25.9 Å². The van der Waals surface area contributed by atoms with Crippen molar-refractivity contribution < 1.29 is 4.21 Å². The van der Waals surface area contributed by atoms with Gasteiger partial charge in [-0.2, -0.15) is 0 Å². The molecule has 0 fully saturated rings. The standard InChI is InChI=1S/C11H17ClN2OS/c1-8(7-16(3)15)14-9(2)10-5-4-6-13-11(10)12/h4-6,8-9,14H,7H2,1-3H3. The van der Waals surface area contributed by atoms with Crippen molar-refractivity contribution in [1.29, 1.82) is 0 Å². The van der Waals surface area contributed by atoms with Crippen molar-refractivity contribution in [2.24, 2.45) is 0 Å². The largest absolute Gasteiger partial charge is 0.307 e. The fraction of sp³-hybridized carbons (Fsp3) is 0.545. The first-order valence-corrected chi connectivity index (χ1v) is 7.27. The molecule has 0 radical (unpaired) electrons. The Bertz CT molecular complexity index is 373. The van der Waals surface area contributed by atoms with E-state index in [1.54, 1.807) is 12.5 Å². The topological polar surface area (TPSA) is 42.0 Å². The molecule has 0 saturated carbocycles. The van der Waals surface area contributed by atoms with Gasteiger partial charge in [0.25, 0.3) is 0 Å². The second-order valence-electron chi connectivity index (χ2n) is 3.91. The summed E-state index contributed by atoms with van der Waals surface area (Å²) in [6.07, 6.45) is 3.38. The van der Waals surface area contributed by atoms with Crippen molar-refractivity contribution in [1.82, 2.24) is 10.3 Å². The van der Waals surface area contributed by atoms with Gasteiger partial charge in [-0.15, -0.1) is 0 Å². The van der Waals surface area contributed by atoms with Gasteiger partial charge in [-0.05, 0) is 19.9 Å². The first-order valence-electron chi connectivity index (χ1n) is 5.17. The number of pyridine rings is 1. The second-order valence-corrected chi connectivity index (χ2v) is 5.75. The molecular weight excluding hydrogens is 244 g/mol. The molecule has 3 atom stereocenters. The SMILES string of the molecule is CC(CS(C)=O)NC(C)c1cccnc1Cl. The lowest BCUT2D eigenvalue weighted by Gasteiger charge is -2.20. The highest BCUT2D eigenvalue weighted by Gasteiger charge is 2.13. The molecule has 5 heteroatoms. The highest BCUT2D eigenvalue weighted by molar-refractivity contribution is 7.84. The van der Waals surface area contributed by atoms with Gasteiger partial charge in [0.2, 0.25) is 0 Å². The quantitative estimate of drug-likeness (QED) is 0.825. The first-order chi connectivity index (χ1) is 7.50. The second kappa shape index (κ2) is 6.33. The molecule has 1 aromatic rings. The molecule has 1 heterocycles. The van der Waals surface area contributed by atoms with E-state index in [-0.39, 0.29) is 12.1 Å². The number of aromatic nitrogens is 1. The van der Waals surface area contributed by atoms with Crippen molar-refractivity contribution in [3.8, 4) is 0 Å². The van der Waals surface area contributed by atoms with Gasteiger partial charge in [-0.25, -0.2) is 4.98 Å². The minimum atomic E-state index is -0.785. The van der Waals surface area contributed by atoms with Gasteiger partial charge >= 0.3 is 0 Å². The zero-order valence-corrected chi connectivity index (χ0v) is 11.3. The lowest BCUT2D eigenvalue weighted by molar-refractivity contribution is 0.507. The average molecular weight is 261 g/mol. The molecule has 0 aliphatic rings. The van der Waals surface area contributed by atoms with Crippen LogP contribution < -0.4 is 5.32 Å². The minimum Gasteiger partial charge on any atom is -0.307 e. The minimum absolute atomic E-state index is 0.111. The number of hydrogen-bond acceptors (Lipinski definition) is 3. The maximum atomic E-state index is 11.1. The predicted octanol–water partition coefficient (Wildman–Crippen LogP) is 2.15. The van der Waals surface area contributed by atoms with Crippen molar-refractivity contribution in [3.05, 3.63) is 29.0 Å². The van der Waals surface area contributed by atoms with Gasteiger partial charge in [0.15, 0.2) is 0 Å². The molecule has 0 spiro atoms. The zero-order valence-electron chi connectivity index (χ0n) is 9.74. The Morgan fingerprint density at radius 2 is 2.25 bits per heavy atom. The van der Waals surface area contributed by atoms with E-state index in [1.165, 1.54) is 0 Å². The third-order valence-electron chi connectivity index (χ3n) is 2.27. The van der Waals surface area contributed by atoms with Crippen LogP contribution in [0.4, 0.5) is 0 Å². The van der Waals surface area contributed by atoms with Crippen LogP contribution >= 0.6 is 11.6 Å². The molecule has 90 valence electrons. The summed E-state index contributed by atoms with van der Waals surface area (Å²) in [6.45, 7) is 4.04. The highest BCUT2D eigenvalue weighted by atomic mass is 35.5. The number of nitrogens with zero attached hydrogens (tertiary/aromatic N) is 1. The Morgan fingerprint density at radius 1 is 1.56 bits per heavy atom. The van der Waals surface area contributed by atoms with Crippen molar-refractivity contribution >= 4 is 22.4 Å². The van der Waals surface area contributed by atoms with Gasteiger partial charge in [0.05, 0.1) is 0 Å². The van der Waals surface area contributed by atoms with Gasteiger partial charge < -0.3 is 5.32 Å². The molecule has 16 heavy (non-hydrogen) atoms. The Labute approximate surface area is 104 Å². The van der Waals surface area contributed by atoms with E-state index in [0.29, 0.717) is 10.9 Å². The molecule has 0 bridgehead atoms. The van der Waals surface area contributed by atoms with E-state index in [1.807, 2.05) is 26.0 Å². The number of halogens is 1. The Hall–Kier alpha value is -0.450. The van der Waals surface area contributed by atoms with E-state index in [0.717, 1.165) is 5.56 Å². The maximum Gasteiger partial charge on any atom is 0.133 e. The van der Waals surface area contributed by atoms with Crippen molar-refractivity contribution in [2.75, 3.05) is 12.0 Å². The van der Waals surface area contributed by atoms with Crippen LogP contribution in [0.1, 0.15) is 25.5 Å². The Morgan fingerprint density at radius 3 is 2.81 bits per heavy atom. The predicted molar refractivity (Wildman–Crippen MR) is 69.2 cm³/mol. The molecule has 3 unspecified atom stereocenters. The van der Waals surface area contributed by atoms with Crippen LogP contribution in [-0.2, 0) is 10.8 Å². The molecule has 0 amide bonds.